The van der Waals surface area contributed by atoms with E-state index in [2.05, 4.69) is 69.6 Å². The molecule has 117 heavy (non-hydrogen) atoms. The second kappa shape index (κ2) is 47.4. The highest BCUT2D eigenvalue weighted by atomic mass is 35.5. The normalized spacial score (nSPS) is 12.6. The molecule has 1 unspecified atom stereocenters. The number of hydrogen-bond acceptors (Lipinski definition) is 23. The van der Waals surface area contributed by atoms with E-state index in [1.807, 2.05) is 38.2 Å². The number of anilines is 5. The Hall–Kier alpha value is -10.8. The number of aliphatic imine (C=N–C) groups is 1. The number of imidazole rings is 2. The first kappa shape index (κ1) is 91.7. The maximum Gasteiger partial charge on any atom is 0.291 e. The Morgan fingerprint density at radius 1 is 0.504 bits per heavy atom. The largest absolute Gasteiger partial charge is 0.379 e. The van der Waals surface area contributed by atoms with Crippen LogP contribution in [0.3, 0.4) is 0 Å². The number of aromatic nitrogens is 7. The monoisotopic (exact) mass is 1660 g/mol. The van der Waals surface area contributed by atoms with E-state index in [1.54, 1.807) is 92.1 Å². The number of benzene rings is 1. The van der Waals surface area contributed by atoms with E-state index in [9.17, 15) is 43.2 Å². The number of carbonyl (C=O) groups is 9. The van der Waals surface area contributed by atoms with Gasteiger partial charge in [-0.25, -0.2) is 9.97 Å². The lowest BCUT2D eigenvalue weighted by Crippen LogP contribution is -2.40. The molecule has 0 bridgehead atoms. The van der Waals surface area contributed by atoms with Crippen LogP contribution in [-0.4, -0.2) is 260 Å². The van der Waals surface area contributed by atoms with Gasteiger partial charge < -0.3 is 109 Å². The van der Waals surface area contributed by atoms with Crippen LogP contribution in [-0.2, 0) is 87.6 Å². The fraction of sp³-hybridized carbons (Fsp3) is 0.487. The second-order valence-corrected chi connectivity index (χ2v) is 29.0. The Morgan fingerprint density at radius 3 is 1.43 bits per heavy atom. The number of carbonyl (C=O) groups excluding carboxylic acids is 9. The van der Waals surface area contributed by atoms with Crippen LogP contribution >= 0.6 is 22.9 Å². The Kier molecular flexibility index (Phi) is 37.2. The number of amides is 9. The van der Waals surface area contributed by atoms with Gasteiger partial charge in [-0.3, -0.25) is 63.9 Å². The Labute approximate surface area is 687 Å². The van der Waals surface area contributed by atoms with Crippen molar-refractivity contribution in [3.05, 3.63) is 135 Å². The quantitative estimate of drug-likeness (QED) is 0.0133. The van der Waals surface area contributed by atoms with E-state index in [-0.39, 0.29) is 122 Å². The van der Waals surface area contributed by atoms with Crippen LogP contribution in [0.5, 0.6) is 0 Å². The van der Waals surface area contributed by atoms with E-state index < -0.39 is 41.5 Å². The van der Waals surface area contributed by atoms with Crippen molar-refractivity contribution < 1.29 is 76.3 Å². The van der Waals surface area contributed by atoms with Crippen molar-refractivity contribution in [2.45, 2.75) is 71.8 Å². The van der Waals surface area contributed by atoms with Gasteiger partial charge in [-0.2, -0.15) is 0 Å². The summed E-state index contributed by atoms with van der Waals surface area (Å²) in [6.07, 6.45) is 9.65. The number of hydrogen-bond donors (Lipinski definition) is 11. The molecule has 0 saturated carbocycles. The van der Waals surface area contributed by atoms with E-state index in [1.165, 1.54) is 44.4 Å². The number of ether oxygens (including phenoxy) is 7. The van der Waals surface area contributed by atoms with Gasteiger partial charge >= 0.3 is 0 Å². The molecular weight excluding hydrogens is 1550 g/mol. The van der Waals surface area contributed by atoms with Crippen molar-refractivity contribution >= 4 is 121 Å². The topological polar surface area (TPSA) is 443 Å². The molecule has 0 saturated heterocycles. The fourth-order valence-corrected chi connectivity index (χ4v) is 13.3. The first-order chi connectivity index (χ1) is 56.2. The van der Waals surface area contributed by atoms with Crippen LogP contribution in [0.4, 0.5) is 28.0 Å². The lowest BCUT2D eigenvalue weighted by molar-refractivity contribution is -0.122. The van der Waals surface area contributed by atoms with E-state index in [0.717, 1.165) is 45.2 Å². The summed E-state index contributed by atoms with van der Waals surface area (Å²) in [5, 5.41) is 43.6. The minimum atomic E-state index is -0.636. The molecule has 0 fully saturated rings. The van der Waals surface area contributed by atoms with Crippen molar-refractivity contribution in [3.63, 3.8) is 0 Å². The SMILES string of the molecule is CC(=N)N1C(=N)C(CCOCCOCCOCCOCCOCCOCCOCCC(=O)NCCCN(C)CCCNC(=O)CCNC(=O)c2nc(NC(=O)CCNC(=O)c3cc(NC(=O)c4nc(NC(=O)CCNC(=O)c5cc(NC(=O)c6cccn6C)cn5C)cn4C)cn3C)cn2C)N=C(c2ccc(Cl)cc2)c2c1sc(C)c2C. The van der Waals surface area contributed by atoms with Crippen molar-refractivity contribution in [1.82, 2.24) is 64.3 Å². The molecule has 8 rings (SSSR count). The van der Waals surface area contributed by atoms with Crippen LogP contribution in [0.25, 0.3) is 0 Å². The van der Waals surface area contributed by atoms with E-state index >= 15 is 0 Å². The van der Waals surface area contributed by atoms with Gasteiger partial charge in [0, 0.05) is 159 Å². The zero-order valence-corrected chi connectivity index (χ0v) is 69.2. The van der Waals surface area contributed by atoms with Crippen LogP contribution in [0.2, 0.25) is 5.02 Å². The highest BCUT2D eigenvalue weighted by molar-refractivity contribution is 7.17. The minimum Gasteiger partial charge on any atom is -0.379 e. The zero-order chi connectivity index (χ0) is 84.3. The van der Waals surface area contributed by atoms with E-state index in [4.69, 9.17) is 60.6 Å². The molecule has 1 aliphatic rings. The molecule has 0 spiro atoms. The average Bonchev–Trinajstić information content (AvgIpc) is 1.60. The number of amidine groups is 2. The summed E-state index contributed by atoms with van der Waals surface area (Å²) in [6, 6.07) is 13.4. The number of halogens is 1. The molecule has 39 heteroatoms. The molecule has 1 aromatic carbocycles. The average molecular weight is 1660 g/mol. The molecule has 1 aliphatic heterocycles. The third-order valence-electron chi connectivity index (χ3n) is 18.2. The third kappa shape index (κ3) is 29.4. The Morgan fingerprint density at radius 2 is 0.949 bits per heavy atom. The van der Waals surface area contributed by atoms with Gasteiger partial charge in [0.05, 0.1) is 103 Å². The minimum absolute atomic E-state index is 0.00105. The van der Waals surface area contributed by atoms with Crippen molar-refractivity contribution in [2.24, 2.45) is 40.2 Å². The van der Waals surface area contributed by atoms with Crippen LogP contribution in [0.1, 0.15) is 126 Å². The molecule has 9 amide bonds. The first-order valence-electron chi connectivity index (χ1n) is 38.5. The van der Waals surface area contributed by atoms with Gasteiger partial charge in [0.2, 0.25) is 35.3 Å². The van der Waals surface area contributed by atoms with Crippen LogP contribution < -0.4 is 52.8 Å². The fourth-order valence-electron chi connectivity index (χ4n) is 12.0. The van der Waals surface area contributed by atoms with Crippen LogP contribution in [0.15, 0.2) is 84.5 Å². The lowest BCUT2D eigenvalue weighted by atomic mass is 9.99. The molecule has 0 radical (unpaired) electrons. The summed E-state index contributed by atoms with van der Waals surface area (Å²) in [4.78, 5) is 134. The molecule has 1 atom stereocenters. The summed E-state index contributed by atoms with van der Waals surface area (Å²) in [5.74, 6) is -3.20. The van der Waals surface area contributed by atoms with Crippen molar-refractivity contribution in [1.29, 1.82) is 10.8 Å². The third-order valence-corrected chi connectivity index (χ3v) is 19.6. The van der Waals surface area contributed by atoms with E-state index in [0.29, 0.717) is 135 Å². The van der Waals surface area contributed by atoms with Gasteiger partial charge in [-0.1, -0.05) is 23.7 Å². The molecule has 634 valence electrons. The summed E-state index contributed by atoms with van der Waals surface area (Å²) in [6.45, 7) is 13.6. The Bertz CT molecular complexity index is 4560. The molecule has 6 aromatic heterocycles. The highest BCUT2D eigenvalue weighted by Crippen LogP contribution is 2.40. The van der Waals surface area contributed by atoms with Crippen LogP contribution in [0, 0.1) is 24.7 Å². The molecule has 11 N–H and O–H groups in total. The van der Waals surface area contributed by atoms with Crippen molar-refractivity contribution in [2.75, 3.05) is 172 Å². The molecule has 7 heterocycles. The summed E-state index contributed by atoms with van der Waals surface area (Å²) >= 11 is 7.79. The molecular formula is C78H108ClN21O16S. The van der Waals surface area contributed by atoms with Gasteiger partial charge in [0.1, 0.15) is 39.8 Å². The van der Waals surface area contributed by atoms with Gasteiger partial charge in [-0.15, -0.1) is 11.3 Å². The predicted octanol–water partition coefficient (Wildman–Crippen LogP) is 5.18. The van der Waals surface area contributed by atoms with Crippen molar-refractivity contribution in [3.8, 4) is 0 Å². The smallest absolute Gasteiger partial charge is 0.291 e. The molecule has 7 aromatic rings. The molecule has 37 nitrogen and oxygen atoms in total. The maximum absolute atomic E-state index is 13.3. The standard InChI is InChI=1S/C78H108ClN21O16S/c1-51-52(2)117-78-68(51)69(54-14-16-55(79)17-15-54)89-58(70(81)100(78)53(3)80)21-31-110-33-35-112-37-39-114-41-43-116-44-42-115-40-38-113-36-34-111-32-22-65(102)83-24-12-29-94(4)28-11-23-82-64(101)18-25-86-76(108)71-92-62(49-98(71)8)90-66(103)19-26-85-74(106)61-46-57(48-97(61)7)88-77(109)72-93-63(50-99(72)9)91-67(104)20-27-84-73(105)60-45-56(47-96(60)6)87-75(107)59-13-10-30-95(59)5/h10,13-17,30,45-50,58,80-81H,11-12,18-29,31-44H2,1-9H3,(H,82,101)(H,83,102)(H,84,105)(H,85,106)(H,86,108)(H,87,107)(H,88,109)(H,90,103)(H,91,104). The lowest BCUT2D eigenvalue weighted by Gasteiger charge is -2.25. The number of nitrogens with zero attached hydrogens (tertiary/aromatic N) is 10. The summed E-state index contributed by atoms with van der Waals surface area (Å²) < 4.78 is 47.0. The number of aryl methyl sites for hydroxylation is 6. The van der Waals surface area contributed by atoms with Gasteiger partial charge in [0.15, 0.2) is 11.6 Å². The van der Waals surface area contributed by atoms with Gasteiger partial charge in [-0.05, 0) is 95.7 Å². The number of rotatable bonds is 51. The number of thiophene rings is 1. The number of nitrogens with one attached hydrogen (secondary N) is 11. The second-order valence-electron chi connectivity index (χ2n) is 27.4. The number of fused-ring (bicyclic) bond motifs is 1. The first-order valence-corrected chi connectivity index (χ1v) is 39.7. The summed E-state index contributed by atoms with van der Waals surface area (Å²) in [7, 11) is 10.1. The van der Waals surface area contributed by atoms with Gasteiger partial charge in [0.25, 0.3) is 29.5 Å². The highest BCUT2D eigenvalue weighted by Gasteiger charge is 2.34. The maximum atomic E-state index is 13.3. The Balaban J connectivity index is 0.556. The zero-order valence-electron chi connectivity index (χ0n) is 67.7. The molecule has 0 aliphatic carbocycles. The summed E-state index contributed by atoms with van der Waals surface area (Å²) in [5.41, 5.74) is 5.26. The predicted molar refractivity (Wildman–Crippen MR) is 443 cm³/mol.